The van der Waals surface area contributed by atoms with Crippen LogP contribution in [0.5, 0.6) is 0 Å². The van der Waals surface area contributed by atoms with Crippen LogP contribution in [0.1, 0.15) is 11.1 Å². The Labute approximate surface area is 200 Å². The normalized spacial score (nSPS) is 18.0. The Kier molecular flexibility index (Phi) is 8.91. The molecule has 2 fully saturated rings. The number of nitrogens with two attached hydrogens (primary N) is 1. The molecule has 4 rings (SSSR count). The third-order valence-corrected chi connectivity index (χ3v) is 5.75. The number of ether oxygens (including phenoxy) is 1. The molecule has 2 saturated heterocycles. The number of morpholine rings is 1. The highest BCUT2D eigenvalue weighted by molar-refractivity contribution is 14.0. The van der Waals surface area contributed by atoms with Crippen LogP contribution in [0.2, 0.25) is 0 Å². The predicted molar refractivity (Wildman–Crippen MR) is 133 cm³/mol. The van der Waals surface area contributed by atoms with Crippen LogP contribution in [0.4, 0.5) is 10.1 Å². The summed E-state index contributed by atoms with van der Waals surface area (Å²) in [5, 5.41) is 0. The number of guanidine groups is 1. The van der Waals surface area contributed by atoms with Gasteiger partial charge in [-0.2, -0.15) is 0 Å². The zero-order valence-corrected chi connectivity index (χ0v) is 20.1. The first-order valence-electron chi connectivity index (χ1n) is 10.6. The average molecular weight is 539 g/mol. The van der Waals surface area contributed by atoms with Gasteiger partial charge in [0, 0.05) is 51.5 Å². The van der Waals surface area contributed by atoms with E-state index in [-0.39, 0.29) is 29.8 Å². The minimum Gasteiger partial charge on any atom is -0.379 e. The second kappa shape index (κ2) is 11.6. The molecular weight excluding hydrogens is 508 g/mol. The number of hydrogen-bond donors (Lipinski definition) is 1. The Morgan fingerprint density at radius 3 is 2.13 bits per heavy atom. The van der Waals surface area contributed by atoms with E-state index in [0.29, 0.717) is 12.5 Å². The summed E-state index contributed by atoms with van der Waals surface area (Å²) < 4.78 is 18.5. The summed E-state index contributed by atoms with van der Waals surface area (Å²) in [5.41, 5.74) is 9.76. The van der Waals surface area contributed by atoms with Crippen molar-refractivity contribution in [3.8, 4) is 0 Å². The Morgan fingerprint density at radius 1 is 0.871 bits per heavy atom. The van der Waals surface area contributed by atoms with Gasteiger partial charge in [-0.15, -0.1) is 24.0 Å². The second-order valence-electron chi connectivity index (χ2n) is 7.83. The molecule has 6 nitrogen and oxygen atoms in total. The van der Waals surface area contributed by atoms with Gasteiger partial charge in [-0.05, 0) is 35.4 Å². The van der Waals surface area contributed by atoms with Crippen molar-refractivity contribution in [3.05, 3.63) is 65.5 Å². The molecule has 0 unspecified atom stereocenters. The van der Waals surface area contributed by atoms with E-state index in [9.17, 15) is 4.39 Å². The summed E-state index contributed by atoms with van der Waals surface area (Å²) in [6.07, 6.45) is 0. The molecule has 0 amide bonds. The monoisotopic (exact) mass is 539 g/mol. The number of benzene rings is 2. The van der Waals surface area contributed by atoms with Crippen molar-refractivity contribution < 1.29 is 9.13 Å². The Bertz CT molecular complexity index is 832. The van der Waals surface area contributed by atoms with Crippen LogP contribution in [0.15, 0.2) is 53.5 Å². The van der Waals surface area contributed by atoms with Crippen LogP contribution >= 0.6 is 24.0 Å². The van der Waals surface area contributed by atoms with E-state index >= 15 is 0 Å². The van der Waals surface area contributed by atoms with Gasteiger partial charge in [0.1, 0.15) is 5.82 Å². The van der Waals surface area contributed by atoms with E-state index in [1.54, 1.807) is 0 Å². The van der Waals surface area contributed by atoms with Crippen molar-refractivity contribution in [2.24, 2.45) is 10.7 Å². The van der Waals surface area contributed by atoms with Crippen LogP contribution in [0.3, 0.4) is 0 Å². The Balaban J connectivity index is 0.00000272. The minimum atomic E-state index is -0.206. The number of anilines is 1. The lowest BCUT2D eigenvalue weighted by Crippen LogP contribution is -2.51. The first-order valence-corrected chi connectivity index (χ1v) is 10.6. The third kappa shape index (κ3) is 6.78. The predicted octanol–water partition coefficient (Wildman–Crippen LogP) is 2.91. The van der Waals surface area contributed by atoms with E-state index in [1.165, 1.54) is 17.7 Å². The van der Waals surface area contributed by atoms with Gasteiger partial charge < -0.3 is 20.3 Å². The Morgan fingerprint density at radius 2 is 1.48 bits per heavy atom. The molecular formula is C23H31FIN5O. The highest BCUT2D eigenvalue weighted by Gasteiger charge is 2.18. The summed E-state index contributed by atoms with van der Waals surface area (Å²) in [4.78, 5) is 11.4. The SMILES string of the molecule is I.NC(=NCc1ccc(CN2CCOCC2)cc1)N1CCN(c2ccc(F)cc2)CC1. The largest absolute Gasteiger partial charge is 0.379 e. The summed E-state index contributed by atoms with van der Waals surface area (Å²) >= 11 is 0. The van der Waals surface area contributed by atoms with Crippen molar-refractivity contribution in [1.29, 1.82) is 0 Å². The molecule has 0 spiro atoms. The molecule has 31 heavy (non-hydrogen) atoms. The maximum absolute atomic E-state index is 13.1. The molecule has 0 atom stereocenters. The van der Waals surface area contributed by atoms with Gasteiger partial charge >= 0.3 is 0 Å². The summed E-state index contributed by atoms with van der Waals surface area (Å²) in [6.45, 7) is 8.50. The lowest BCUT2D eigenvalue weighted by Gasteiger charge is -2.36. The standard InChI is InChI=1S/C23H30FN5O.HI/c24-21-5-7-22(8-6-21)28-9-11-29(12-10-28)23(25)26-17-19-1-3-20(4-2-19)18-27-13-15-30-16-14-27;/h1-8H,9-18H2,(H2,25,26);1H. The number of halogens is 2. The second-order valence-corrected chi connectivity index (χ2v) is 7.83. The molecule has 2 aromatic rings. The maximum atomic E-state index is 13.1. The molecule has 0 saturated carbocycles. The van der Waals surface area contributed by atoms with Crippen molar-refractivity contribution in [2.75, 3.05) is 57.4 Å². The Hall–Kier alpha value is -1.91. The van der Waals surface area contributed by atoms with Gasteiger partial charge in [-0.1, -0.05) is 24.3 Å². The molecule has 168 valence electrons. The van der Waals surface area contributed by atoms with Crippen molar-refractivity contribution >= 4 is 35.6 Å². The van der Waals surface area contributed by atoms with E-state index in [4.69, 9.17) is 10.5 Å². The van der Waals surface area contributed by atoms with E-state index < -0.39 is 0 Å². The van der Waals surface area contributed by atoms with Gasteiger partial charge in [0.15, 0.2) is 5.96 Å². The fourth-order valence-corrected chi connectivity index (χ4v) is 3.89. The molecule has 2 aromatic carbocycles. The third-order valence-electron chi connectivity index (χ3n) is 5.75. The number of piperazine rings is 1. The molecule has 0 bridgehead atoms. The molecule has 0 aromatic heterocycles. The van der Waals surface area contributed by atoms with Crippen LogP contribution < -0.4 is 10.6 Å². The summed E-state index contributed by atoms with van der Waals surface area (Å²) in [6, 6.07) is 15.3. The number of nitrogens with zero attached hydrogens (tertiary/aromatic N) is 4. The first-order chi connectivity index (χ1) is 14.7. The van der Waals surface area contributed by atoms with Gasteiger partial charge in [-0.25, -0.2) is 9.38 Å². The maximum Gasteiger partial charge on any atom is 0.191 e. The van der Waals surface area contributed by atoms with Gasteiger partial charge in [0.2, 0.25) is 0 Å². The zero-order valence-electron chi connectivity index (χ0n) is 17.8. The lowest BCUT2D eigenvalue weighted by atomic mass is 10.1. The first kappa shape index (κ1) is 23.7. The smallest absolute Gasteiger partial charge is 0.191 e. The quantitative estimate of drug-likeness (QED) is 0.360. The fourth-order valence-electron chi connectivity index (χ4n) is 3.89. The van der Waals surface area contributed by atoms with Crippen LogP contribution in [-0.2, 0) is 17.8 Å². The zero-order chi connectivity index (χ0) is 20.8. The van der Waals surface area contributed by atoms with Crippen LogP contribution in [0, 0.1) is 5.82 Å². The highest BCUT2D eigenvalue weighted by atomic mass is 127. The fraction of sp³-hybridized carbons (Fsp3) is 0.435. The van der Waals surface area contributed by atoms with Crippen molar-refractivity contribution in [3.63, 3.8) is 0 Å². The summed E-state index contributed by atoms with van der Waals surface area (Å²) in [7, 11) is 0. The van der Waals surface area contributed by atoms with Crippen LogP contribution in [0.25, 0.3) is 0 Å². The van der Waals surface area contributed by atoms with E-state index in [2.05, 4.69) is 44.0 Å². The topological polar surface area (TPSA) is 57.3 Å². The number of rotatable bonds is 5. The molecule has 0 radical (unpaired) electrons. The summed E-state index contributed by atoms with van der Waals surface area (Å²) in [5.74, 6) is 0.383. The van der Waals surface area contributed by atoms with E-state index in [1.807, 2.05) is 12.1 Å². The molecule has 2 N–H and O–H groups in total. The molecule has 8 heteroatoms. The highest BCUT2D eigenvalue weighted by Crippen LogP contribution is 2.17. The van der Waals surface area contributed by atoms with E-state index in [0.717, 1.165) is 70.3 Å². The van der Waals surface area contributed by atoms with Gasteiger partial charge in [0.25, 0.3) is 0 Å². The average Bonchev–Trinajstić information content (AvgIpc) is 2.80. The molecule has 2 aliphatic rings. The molecule has 2 heterocycles. The molecule has 2 aliphatic heterocycles. The van der Waals surface area contributed by atoms with Gasteiger partial charge in [0.05, 0.1) is 19.8 Å². The van der Waals surface area contributed by atoms with Crippen molar-refractivity contribution in [1.82, 2.24) is 9.80 Å². The minimum absolute atomic E-state index is 0. The van der Waals surface area contributed by atoms with Crippen molar-refractivity contribution in [2.45, 2.75) is 13.1 Å². The van der Waals surface area contributed by atoms with Gasteiger partial charge in [-0.3, -0.25) is 4.90 Å². The lowest BCUT2D eigenvalue weighted by molar-refractivity contribution is 0.0342. The number of hydrogen-bond acceptors (Lipinski definition) is 4. The van der Waals surface area contributed by atoms with Crippen LogP contribution in [-0.4, -0.2) is 68.2 Å². The molecule has 0 aliphatic carbocycles. The number of aliphatic imine (C=N–C) groups is 1.